The molecule has 9 nitrogen and oxygen atoms in total. The zero-order chi connectivity index (χ0) is 16.3. The van der Waals surface area contributed by atoms with E-state index in [0.717, 1.165) is 0 Å². The number of H-pyrrole nitrogens is 1. The Kier molecular flexibility index (Phi) is 4.55. The number of esters is 1. The summed E-state index contributed by atoms with van der Waals surface area (Å²) in [5.41, 5.74) is 5.05. The number of carbonyl (C=O) groups is 1. The molecule has 22 heavy (non-hydrogen) atoms. The molecule has 0 spiro atoms. The van der Waals surface area contributed by atoms with Crippen LogP contribution in [0.5, 0.6) is 0 Å². The first-order valence-electron chi connectivity index (χ1n) is 6.92. The number of carbonyl (C=O) groups excluding carboxylic acids is 1. The van der Waals surface area contributed by atoms with Crippen molar-refractivity contribution in [2.45, 2.75) is 20.8 Å². The van der Waals surface area contributed by atoms with Gasteiger partial charge in [0.05, 0.1) is 18.7 Å². The Labute approximate surface area is 127 Å². The van der Waals surface area contributed by atoms with Crippen LogP contribution in [0.15, 0.2) is 4.79 Å². The molecule has 0 fully saturated rings. The summed E-state index contributed by atoms with van der Waals surface area (Å²) in [6.45, 7) is 6.41. The van der Waals surface area contributed by atoms with Crippen LogP contribution < -0.4 is 21.5 Å². The summed E-state index contributed by atoms with van der Waals surface area (Å²) in [6, 6.07) is 0. The molecule has 0 atom stereocenters. The van der Waals surface area contributed by atoms with Crippen molar-refractivity contribution in [1.82, 2.24) is 9.97 Å². The zero-order valence-corrected chi connectivity index (χ0v) is 12.9. The minimum atomic E-state index is -0.527. The van der Waals surface area contributed by atoms with E-state index in [1.165, 1.54) is 0 Å². The van der Waals surface area contributed by atoms with E-state index in [9.17, 15) is 9.59 Å². The lowest BCUT2D eigenvalue weighted by atomic mass is 9.97. The normalized spacial score (nSPS) is 13.7. The van der Waals surface area contributed by atoms with Gasteiger partial charge >= 0.3 is 5.97 Å². The summed E-state index contributed by atoms with van der Waals surface area (Å²) in [6.07, 6.45) is 0. The molecule has 0 amide bonds. The Bertz CT molecular complexity index is 607. The van der Waals surface area contributed by atoms with Gasteiger partial charge in [-0.05, 0) is 20.8 Å². The number of nitrogens with zero attached hydrogens (tertiary/aromatic N) is 2. The topological polar surface area (TPSA) is 123 Å². The SMILES string of the molecule is CC(C)(C)C(=O)OCCOCN1CNc2c1nc(N)[nH]c2=O. The van der Waals surface area contributed by atoms with Crippen molar-refractivity contribution in [3.63, 3.8) is 0 Å². The minimum Gasteiger partial charge on any atom is -0.463 e. The van der Waals surface area contributed by atoms with Crippen molar-refractivity contribution in [3.8, 4) is 0 Å². The Morgan fingerprint density at radius 1 is 1.41 bits per heavy atom. The fourth-order valence-corrected chi connectivity index (χ4v) is 1.81. The predicted molar refractivity (Wildman–Crippen MR) is 81.5 cm³/mol. The fraction of sp³-hybridized carbons (Fsp3) is 0.615. The first kappa shape index (κ1) is 16.1. The maximum absolute atomic E-state index is 11.7. The van der Waals surface area contributed by atoms with E-state index < -0.39 is 5.41 Å². The molecular formula is C13H21N5O4. The van der Waals surface area contributed by atoms with Crippen LogP contribution in [0.4, 0.5) is 17.5 Å². The number of rotatable bonds is 5. The van der Waals surface area contributed by atoms with Gasteiger partial charge < -0.3 is 25.4 Å². The summed E-state index contributed by atoms with van der Waals surface area (Å²) < 4.78 is 10.5. The maximum atomic E-state index is 11.7. The molecule has 0 saturated heterocycles. The molecule has 1 aromatic rings. The molecule has 0 unspecified atom stereocenters. The van der Waals surface area contributed by atoms with Crippen LogP contribution in [-0.2, 0) is 14.3 Å². The average molecular weight is 311 g/mol. The summed E-state index contributed by atoms with van der Waals surface area (Å²) in [5.74, 6) is 0.231. The molecule has 122 valence electrons. The van der Waals surface area contributed by atoms with E-state index in [-0.39, 0.29) is 37.4 Å². The van der Waals surface area contributed by atoms with Gasteiger partial charge in [-0.25, -0.2) is 0 Å². The van der Waals surface area contributed by atoms with Crippen LogP contribution in [0.25, 0.3) is 0 Å². The highest BCUT2D eigenvalue weighted by Crippen LogP contribution is 2.24. The third-order valence-electron chi connectivity index (χ3n) is 2.99. The van der Waals surface area contributed by atoms with Crippen LogP contribution in [0.3, 0.4) is 0 Å². The lowest BCUT2D eigenvalue weighted by molar-refractivity contribution is -0.154. The summed E-state index contributed by atoms with van der Waals surface area (Å²) in [4.78, 5) is 31.4. The van der Waals surface area contributed by atoms with E-state index in [1.54, 1.807) is 25.7 Å². The smallest absolute Gasteiger partial charge is 0.311 e. The first-order chi connectivity index (χ1) is 10.3. The van der Waals surface area contributed by atoms with Gasteiger partial charge in [0, 0.05) is 0 Å². The summed E-state index contributed by atoms with van der Waals surface area (Å²) in [5, 5.41) is 2.92. The van der Waals surface area contributed by atoms with Crippen LogP contribution in [-0.4, -0.2) is 42.6 Å². The monoisotopic (exact) mass is 311 g/mol. The lowest BCUT2D eigenvalue weighted by Gasteiger charge is -2.18. The third kappa shape index (κ3) is 3.67. The van der Waals surface area contributed by atoms with Gasteiger partial charge in [-0.2, -0.15) is 4.98 Å². The van der Waals surface area contributed by atoms with Crippen molar-refractivity contribution < 1.29 is 14.3 Å². The molecule has 9 heteroatoms. The molecular weight excluding hydrogens is 290 g/mol. The van der Waals surface area contributed by atoms with Gasteiger partial charge in [0.1, 0.15) is 19.0 Å². The van der Waals surface area contributed by atoms with Crippen LogP contribution in [0.2, 0.25) is 0 Å². The molecule has 1 aliphatic rings. The van der Waals surface area contributed by atoms with Gasteiger partial charge in [0.2, 0.25) is 5.95 Å². The number of ether oxygens (including phenoxy) is 2. The number of nitrogens with two attached hydrogens (primary N) is 1. The predicted octanol–water partition coefficient (Wildman–Crippen LogP) is 0.105. The Balaban J connectivity index is 1.79. The minimum absolute atomic E-state index is 0.0524. The largest absolute Gasteiger partial charge is 0.463 e. The van der Waals surface area contributed by atoms with E-state index >= 15 is 0 Å². The third-order valence-corrected chi connectivity index (χ3v) is 2.99. The van der Waals surface area contributed by atoms with Crippen molar-refractivity contribution in [3.05, 3.63) is 10.4 Å². The summed E-state index contributed by atoms with van der Waals surface area (Å²) >= 11 is 0. The molecule has 0 radical (unpaired) electrons. The van der Waals surface area contributed by atoms with Crippen LogP contribution >= 0.6 is 0 Å². The molecule has 4 N–H and O–H groups in total. The van der Waals surface area contributed by atoms with Crippen LogP contribution in [0, 0.1) is 5.41 Å². The van der Waals surface area contributed by atoms with Crippen molar-refractivity contribution >= 4 is 23.4 Å². The highest BCUT2D eigenvalue weighted by atomic mass is 16.6. The van der Waals surface area contributed by atoms with E-state index in [4.69, 9.17) is 15.2 Å². The fourth-order valence-electron chi connectivity index (χ4n) is 1.81. The van der Waals surface area contributed by atoms with Gasteiger partial charge in [0.25, 0.3) is 5.56 Å². The highest BCUT2D eigenvalue weighted by Gasteiger charge is 2.24. The standard InChI is InChI=1S/C13H21N5O4/c1-13(2,3)11(20)22-5-4-21-7-18-6-15-8-9(18)16-12(14)17-10(8)19/h15H,4-7H2,1-3H3,(H3,14,16,17,19). The summed E-state index contributed by atoms with van der Waals surface area (Å²) in [7, 11) is 0. The lowest BCUT2D eigenvalue weighted by Crippen LogP contribution is -2.28. The highest BCUT2D eigenvalue weighted by molar-refractivity contribution is 5.75. The number of hydrogen-bond donors (Lipinski definition) is 3. The number of anilines is 3. The first-order valence-corrected chi connectivity index (χ1v) is 6.92. The quantitative estimate of drug-likeness (QED) is 0.517. The molecule has 1 aromatic heterocycles. The maximum Gasteiger partial charge on any atom is 0.311 e. The Hall–Kier alpha value is -2.29. The molecule has 0 aliphatic carbocycles. The van der Waals surface area contributed by atoms with Crippen LogP contribution in [0.1, 0.15) is 20.8 Å². The number of aromatic amines is 1. The number of nitrogens with one attached hydrogen (secondary N) is 2. The van der Waals surface area contributed by atoms with E-state index in [1.807, 2.05) is 0 Å². The molecule has 2 rings (SSSR count). The number of fused-ring (bicyclic) bond motifs is 1. The molecule has 0 aromatic carbocycles. The zero-order valence-electron chi connectivity index (χ0n) is 12.9. The van der Waals surface area contributed by atoms with Crippen molar-refractivity contribution in [1.29, 1.82) is 0 Å². The molecule has 0 saturated carbocycles. The Morgan fingerprint density at radius 3 is 2.82 bits per heavy atom. The van der Waals surface area contributed by atoms with Crippen molar-refractivity contribution in [2.24, 2.45) is 5.41 Å². The number of aromatic nitrogens is 2. The Morgan fingerprint density at radius 2 is 2.14 bits per heavy atom. The number of nitrogen functional groups attached to an aromatic ring is 1. The number of hydrogen-bond acceptors (Lipinski definition) is 8. The second-order valence-electron chi connectivity index (χ2n) is 5.95. The second-order valence-corrected chi connectivity index (χ2v) is 5.95. The van der Waals surface area contributed by atoms with Gasteiger partial charge in [0.15, 0.2) is 5.82 Å². The van der Waals surface area contributed by atoms with E-state index in [2.05, 4.69) is 15.3 Å². The molecule has 2 heterocycles. The second kappa shape index (κ2) is 6.22. The molecule has 1 aliphatic heterocycles. The van der Waals surface area contributed by atoms with Gasteiger partial charge in [-0.15, -0.1) is 0 Å². The van der Waals surface area contributed by atoms with E-state index in [0.29, 0.717) is 18.2 Å². The van der Waals surface area contributed by atoms with Gasteiger partial charge in [-0.1, -0.05) is 0 Å². The molecule has 0 bridgehead atoms. The van der Waals surface area contributed by atoms with Crippen molar-refractivity contribution in [2.75, 3.05) is 42.6 Å². The average Bonchev–Trinajstić information content (AvgIpc) is 2.80. The van der Waals surface area contributed by atoms with Gasteiger partial charge in [-0.3, -0.25) is 14.6 Å².